The Labute approximate surface area is 220 Å². The van der Waals surface area contributed by atoms with E-state index in [1.807, 2.05) is 0 Å². The summed E-state index contributed by atoms with van der Waals surface area (Å²) in [6, 6.07) is 8.25. The van der Waals surface area contributed by atoms with Gasteiger partial charge in [0.15, 0.2) is 5.69 Å². The molecule has 208 valence electrons. The minimum Gasteiger partial charge on any atom is -0.481 e. The van der Waals surface area contributed by atoms with Crippen LogP contribution in [0.25, 0.3) is 16.9 Å². The molecule has 1 atom stereocenters. The molecule has 3 aromatic rings. The number of piperidine rings is 1. The van der Waals surface area contributed by atoms with Crippen LogP contribution < -0.4 is 5.32 Å². The lowest BCUT2D eigenvalue weighted by molar-refractivity contribution is -0.138. The molecule has 1 fully saturated rings. The highest BCUT2D eigenvalue weighted by Crippen LogP contribution is 2.38. The van der Waals surface area contributed by atoms with E-state index in [0.717, 1.165) is 10.7 Å². The molecular weight excluding hydrogens is 525 g/mol. The first-order valence-electron chi connectivity index (χ1n) is 12.2. The van der Waals surface area contributed by atoms with Crippen molar-refractivity contribution in [3.05, 3.63) is 66.1 Å². The largest absolute Gasteiger partial charge is 0.481 e. The summed E-state index contributed by atoms with van der Waals surface area (Å²) in [5.74, 6) is -4.84. The third-order valence-electron chi connectivity index (χ3n) is 6.36. The second-order valence-electron chi connectivity index (χ2n) is 9.37. The van der Waals surface area contributed by atoms with E-state index in [0.29, 0.717) is 18.7 Å². The number of carbonyl (C=O) groups is 2. The highest BCUT2D eigenvalue weighted by atomic mass is 19.4. The monoisotopic (exact) mass is 551 g/mol. The molecule has 0 radical (unpaired) electrons. The Balaban J connectivity index is 1.62. The van der Waals surface area contributed by atoms with Crippen LogP contribution in [0, 0.1) is 0 Å². The first-order valence-corrected chi connectivity index (χ1v) is 12.2. The number of likely N-dealkylation sites (tertiary alicyclic amines) is 1. The Morgan fingerprint density at radius 1 is 1.15 bits per heavy atom. The predicted octanol–water partition coefficient (Wildman–Crippen LogP) is 4.65. The van der Waals surface area contributed by atoms with Crippen molar-refractivity contribution in [2.24, 2.45) is 0 Å². The zero-order chi connectivity index (χ0) is 28.2. The van der Waals surface area contributed by atoms with Gasteiger partial charge in [-0.2, -0.15) is 18.3 Å². The number of aliphatic carboxylic acids is 1. The average Bonchev–Trinajstić information content (AvgIpc) is 3.32. The fraction of sp³-hybridized carbons (Fsp3) is 0.385. The summed E-state index contributed by atoms with van der Waals surface area (Å²) < 4.78 is 70.0. The molecule has 4 rings (SSSR count). The summed E-state index contributed by atoms with van der Waals surface area (Å²) in [6.07, 6.45) is -2.13. The van der Waals surface area contributed by atoms with Gasteiger partial charge < -0.3 is 10.4 Å². The van der Waals surface area contributed by atoms with Crippen LogP contribution in [0.3, 0.4) is 0 Å². The molecule has 2 aromatic heterocycles. The van der Waals surface area contributed by atoms with Gasteiger partial charge in [0.1, 0.15) is 0 Å². The summed E-state index contributed by atoms with van der Waals surface area (Å²) in [4.78, 5) is 30.1. The van der Waals surface area contributed by atoms with E-state index in [2.05, 4.69) is 15.4 Å². The van der Waals surface area contributed by atoms with Gasteiger partial charge in [-0.25, -0.2) is 13.5 Å². The van der Waals surface area contributed by atoms with Gasteiger partial charge in [-0.1, -0.05) is 18.2 Å². The summed E-state index contributed by atoms with van der Waals surface area (Å²) in [5, 5.41) is 16.1. The molecule has 1 aliphatic rings. The van der Waals surface area contributed by atoms with Crippen LogP contribution in [0.2, 0.25) is 0 Å². The van der Waals surface area contributed by atoms with Gasteiger partial charge in [-0.15, -0.1) is 0 Å². The van der Waals surface area contributed by atoms with E-state index in [1.54, 1.807) is 12.1 Å². The molecule has 0 bridgehead atoms. The Bertz CT molecular complexity index is 1310. The molecule has 8 nitrogen and oxygen atoms in total. The third kappa shape index (κ3) is 7.16. The summed E-state index contributed by atoms with van der Waals surface area (Å²) >= 11 is 0. The maximum absolute atomic E-state index is 13.8. The minimum atomic E-state index is -4.68. The molecule has 1 unspecified atom stereocenters. The molecular formula is C26H26F5N5O3. The number of hydrogen-bond acceptors (Lipinski definition) is 5. The van der Waals surface area contributed by atoms with Crippen molar-refractivity contribution >= 4 is 11.9 Å². The smallest absolute Gasteiger partial charge is 0.417 e. The zero-order valence-electron chi connectivity index (χ0n) is 20.7. The van der Waals surface area contributed by atoms with Crippen LogP contribution in [-0.4, -0.2) is 68.2 Å². The van der Waals surface area contributed by atoms with Crippen LogP contribution in [0.1, 0.15) is 41.7 Å². The van der Waals surface area contributed by atoms with Gasteiger partial charge in [0.2, 0.25) is 0 Å². The standard InChI is InChI=1S/C26H26F5N5O3/c27-25(28)9-4-11-35(16-25)12-8-17(13-23(37)38)33-24(39)21-14-22(36(34-21)18-5-3-10-32-15-18)19-6-1-2-7-20(19)26(29,30)31/h1-3,5-7,10,14-15,17H,4,8-9,11-13,16H2,(H,33,39)(H,37,38). The van der Waals surface area contributed by atoms with E-state index in [9.17, 15) is 36.6 Å². The highest BCUT2D eigenvalue weighted by molar-refractivity contribution is 5.94. The number of pyridine rings is 1. The van der Waals surface area contributed by atoms with Crippen molar-refractivity contribution < 1.29 is 36.6 Å². The lowest BCUT2D eigenvalue weighted by Gasteiger charge is -2.33. The maximum atomic E-state index is 13.8. The Kier molecular flexibility index (Phi) is 8.28. The molecule has 1 amide bonds. The Morgan fingerprint density at radius 3 is 2.59 bits per heavy atom. The maximum Gasteiger partial charge on any atom is 0.417 e. The van der Waals surface area contributed by atoms with E-state index < -0.39 is 48.5 Å². The van der Waals surface area contributed by atoms with Crippen molar-refractivity contribution in [3.63, 3.8) is 0 Å². The average molecular weight is 552 g/mol. The molecule has 0 saturated carbocycles. The van der Waals surface area contributed by atoms with Crippen molar-refractivity contribution in [2.75, 3.05) is 19.6 Å². The number of amides is 1. The number of carbonyl (C=O) groups excluding carboxylic acids is 1. The molecule has 1 aromatic carbocycles. The molecule has 0 spiro atoms. The van der Waals surface area contributed by atoms with Gasteiger partial charge >= 0.3 is 12.1 Å². The molecule has 3 heterocycles. The molecule has 1 aliphatic heterocycles. The van der Waals surface area contributed by atoms with Crippen molar-refractivity contribution in [2.45, 2.75) is 43.8 Å². The van der Waals surface area contributed by atoms with Gasteiger partial charge in [0.05, 0.1) is 36.1 Å². The van der Waals surface area contributed by atoms with E-state index in [4.69, 9.17) is 0 Å². The van der Waals surface area contributed by atoms with Crippen LogP contribution >= 0.6 is 0 Å². The van der Waals surface area contributed by atoms with Gasteiger partial charge in [0, 0.05) is 30.8 Å². The number of carboxylic acid groups (broad SMARTS) is 1. The van der Waals surface area contributed by atoms with E-state index in [-0.39, 0.29) is 36.3 Å². The van der Waals surface area contributed by atoms with Crippen LogP contribution in [0.4, 0.5) is 22.0 Å². The summed E-state index contributed by atoms with van der Waals surface area (Å²) in [7, 11) is 0. The molecule has 39 heavy (non-hydrogen) atoms. The lowest BCUT2D eigenvalue weighted by Crippen LogP contribution is -2.45. The summed E-state index contributed by atoms with van der Waals surface area (Å²) in [6.45, 7) is 0.126. The van der Waals surface area contributed by atoms with Crippen LogP contribution in [0.5, 0.6) is 0 Å². The van der Waals surface area contributed by atoms with Crippen molar-refractivity contribution in [3.8, 4) is 16.9 Å². The molecule has 13 heteroatoms. The van der Waals surface area contributed by atoms with Crippen molar-refractivity contribution in [1.29, 1.82) is 0 Å². The molecule has 2 N–H and O–H groups in total. The van der Waals surface area contributed by atoms with E-state index >= 15 is 0 Å². The second kappa shape index (κ2) is 11.5. The number of nitrogens with zero attached hydrogens (tertiary/aromatic N) is 4. The quantitative estimate of drug-likeness (QED) is 0.376. The van der Waals surface area contributed by atoms with Crippen LogP contribution in [-0.2, 0) is 11.0 Å². The predicted molar refractivity (Wildman–Crippen MR) is 131 cm³/mol. The SMILES string of the molecule is O=C(O)CC(CCN1CCCC(F)(F)C1)NC(=O)c1cc(-c2ccccc2C(F)(F)F)n(-c2cccnc2)n1. The van der Waals surface area contributed by atoms with Crippen molar-refractivity contribution in [1.82, 2.24) is 25.0 Å². The minimum absolute atomic E-state index is 0.0218. The molecule has 1 saturated heterocycles. The fourth-order valence-corrected chi connectivity index (χ4v) is 4.58. The second-order valence-corrected chi connectivity index (χ2v) is 9.37. The Hall–Kier alpha value is -3.87. The highest BCUT2D eigenvalue weighted by Gasteiger charge is 2.36. The third-order valence-corrected chi connectivity index (χ3v) is 6.36. The number of hydrogen-bond donors (Lipinski definition) is 2. The Morgan fingerprint density at radius 2 is 1.92 bits per heavy atom. The fourth-order valence-electron chi connectivity index (χ4n) is 4.58. The number of carboxylic acids is 1. The van der Waals surface area contributed by atoms with Gasteiger partial charge in [-0.05, 0) is 43.7 Å². The number of aromatic nitrogens is 3. The number of benzene rings is 1. The van der Waals surface area contributed by atoms with Gasteiger partial charge in [-0.3, -0.25) is 19.5 Å². The first kappa shape index (κ1) is 28.1. The number of halogens is 5. The number of alkyl halides is 5. The number of rotatable bonds is 9. The number of nitrogens with one attached hydrogen (secondary N) is 1. The molecule has 0 aliphatic carbocycles. The van der Waals surface area contributed by atoms with E-state index in [1.165, 1.54) is 41.6 Å². The zero-order valence-corrected chi connectivity index (χ0v) is 20.7. The first-order chi connectivity index (χ1) is 18.4. The normalized spacial score (nSPS) is 16.5. The summed E-state index contributed by atoms with van der Waals surface area (Å²) in [5.41, 5.74) is -1.11. The topological polar surface area (TPSA) is 100 Å². The lowest BCUT2D eigenvalue weighted by atomic mass is 10.0. The van der Waals surface area contributed by atoms with Gasteiger partial charge in [0.25, 0.3) is 11.8 Å². The van der Waals surface area contributed by atoms with Crippen LogP contribution in [0.15, 0.2) is 54.9 Å².